The molecule has 0 bridgehead atoms. The summed E-state index contributed by atoms with van der Waals surface area (Å²) in [6.45, 7) is 0. The smallest absolute Gasteiger partial charge is 0.164 e. The minimum atomic E-state index is -0.498. The Balaban J connectivity index is 0.000000141. The van der Waals surface area contributed by atoms with Gasteiger partial charge in [0.1, 0.15) is 11.2 Å². The van der Waals surface area contributed by atoms with Crippen molar-refractivity contribution in [2.24, 2.45) is 0 Å². The van der Waals surface area contributed by atoms with Gasteiger partial charge in [0, 0.05) is 58.8 Å². The minimum Gasteiger partial charge on any atom is -0.455 e. The summed E-state index contributed by atoms with van der Waals surface area (Å²) in [5.74, 6) is 1.35. The number of fused-ring (bicyclic) bond motifs is 12. The van der Waals surface area contributed by atoms with Crippen LogP contribution in [0.25, 0.3) is 154 Å². The fourth-order valence-electron chi connectivity index (χ4n) is 17.9. The Kier molecular flexibility index (Phi) is 16.1. The maximum atomic E-state index is 6.83. The number of benzene rings is 16. The van der Waals surface area contributed by atoms with Crippen molar-refractivity contribution in [3.8, 4) is 112 Å². The molecule has 2 aliphatic rings. The number of para-hydroxylation sites is 1. The number of furan rings is 1. The summed E-state index contributed by atoms with van der Waals surface area (Å²) in [5, 5.41) is 4.59. The average Bonchev–Trinajstić information content (AvgIpc) is 1.56. The lowest BCUT2D eigenvalue weighted by molar-refractivity contribution is 0.669. The quantitative estimate of drug-likeness (QED) is 0.122. The summed E-state index contributed by atoms with van der Waals surface area (Å²) in [4.78, 5) is 21.0. The van der Waals surface area contributed by atoms with Crippen molar-refractivity contribution in [1.29, 1.82) is 0 Å². The van der Waals surface area contributed by atoms with Crippen molar-refractivity contribution in [2.75, 3.05) is 0 Å². The molecule has 0 aliphatic heterocycles. The summed E-state index contributed by atoms with van der Waals surface area (Å²) < 4.78 is 9.27. The second-order valence-corrected chi connectivity index (χ2v) is 29.9. The van der Waals surface area contributed by atoms with E-state index in [1.807, 2.05) is 65.9 Å². The molecule has 0 N–H and O–H groups in total. The molecule has 0 radical (unpaired) electrons. The maximum Gasteiger partial charge on any atom is 0.164 e. The van der Waals surface area contributed by atoms with Crippen LogP contribution >= 0.6 is 11.3 Å². The van der Waals surface area contributed by atoms with Crippen LogP contribution in [0, 0.1) is 0 Å². The van der Waals surface area contributed by atoms with Crippen LogP contribution in [0.1, 0.15) is 44.5 Å². The largest absolute Gasteiger partial charge is 0.455 e. The number of nitrogens with zero attached hydrogens (tertiary/aromatic N) is 4. The van der Waals surface area contributed by atoms with Gasteiger partial charge in [-0.1, -0.05) is 364 Å². The van der Waals surface area contributed by atoms with Crippen LogP contribution in [0.3, 0.4) is 0 Å². The molecule has 5 nitrogen and oxygen atoms in total. The van der Waals surface area contributed by atoms with Gasteiger partial charge in [0.15, 0.2) is 11.6 Å². The van der Waals surface area contributed by atoms with E-state index >= 15 is 0 Å². The number of rotatable bonds is 12. The lowest BCUT2D eigenvalue weighted by Crippen LogP contribution is -2.28. The standard InChI is InChI=1S/C53H34N2O.C53H34N2S/c2*1-5-17-35(18-6-1)47-34-48(36-19-7-2-8-20-36)55-52(54-47)44-32-31-40(50-43-26-14-16-28-49(43)56-51(44)50)37-29-30-42-41-25-13-15-27-45(41)53(46(42)33-37,38-21-9-3-10-22-38)39-23-11-4-12-24-39/h2*1-34H. The van der Waals surface area contributed by atoms with E-state index in [-0.39, 0.29) is 0 Å². The predicted molar refractivity (Wildman–Crippen MR) is 462 cm³/mol. The average molecular weight is 1450 g/mol. The van der Waals surface area contributed by atoms with Crippen LogP contribution < -0.4 is 0 Å². The topological polar surface area (TPSA) is 64.7 Å². The molecule has 0 atom stereocenters. The highest BCUT2D eigenvalue weighted by atomic mass is 32.1. The van der Waals surface area contributed by atoms with Crippen LogP contribution in [-0.4, -0.2) is 19.9 Å². The Morgan fingerprint density at radius 3 is 0.982 bits per heavy atom. The molecule has 0 saturated heterocycles. The molecule has 4 aromatic heterocycles. The number of thiophene rings is 1. The molecule has 0 fully saturated rings. The molecule has 524 valence electrons. The fourth-order valence-corrected chi connectivity index (χ4v) is 19.1. The Morgan fingerprint density at radius 1 is 0.223 bits per heavy atom. The van der Waals surface area contributed by atoms with Crippen molar-refractivity contribution in [3.63, 3.8) is 0 Å². The van der Waals surface area contributed by atoms with E-state index in [1.54, 1.807) is 0 Å². The molecule has 4 heterocycles. The maximum absolute atomic E-state index is 6.83. The Morgan fingerprint density at radius 2 is 0.545 bits per heavy atom. The first-order chi connectivity index (χ1) is 55.5. The first kappa shape index (κ1) is 65.9. The van der Waals surface area contributed by atoms with Gasteiger partial charge in [-0.2, -0.15) is 0 Å². The molecule has 6 heteroatoms. The Hall–Kier alpha value is -14.3. The number of hydrogen-bond acceptors (Lipinski definition) is 6. The van der Waals surface area contributed by atoms with Crippen molar-refractivity contribution in [3.05, 3.63) is 457 Å². The molecular weight excluding hydrogens is 1380 g/mol. The summed E-state index contributed by atoms with van der Waals surface area (Å²) in [7, 11) is 0. The highest BCUT2D eigenvalue weighted by molar-refractivity contribution is 7.26. The van der Waals surface area contributed by atoms with E-state index in [4.69, 9.17) is 24.4 Å². The third kappa shape index (κ3) is 10.8. The SMILES string of the molecule is c1ccc(-c2cc(-c3ccccc3)nc(-c3ccc(-c4ccc5c(c4)C(c4ccccc4)(c4ccccc4)c4ccccc4-5)c4c3oc3ccccc34)n2)cc1.c1ccc(-c2cc(-c3ccccc3)nc(-c3ccc(-c4ccc5c(c4)C(c4ccccc4)(c4ccccc4)c4ccccc4-5)c4c3sc3ccccc34)n2)cc1. The van der Waals surface area contributed by atoms with Gasteiger partial charge in [-0.25, -0.2) is 19.9 Å². The number of aromatic nitrogens is 4. The molecule has 112 heavy (non-hydrogen) atoms. The highest BCUT2D eigenvalue weighted by Gasteiger charge is 2.48. The summed E-state index contributed by atoms with van der Waals surface area (Å²) in [6, 6.07) is 148. The Bertz CT molecular complexity index is 6350. The monoisotopic (exact) mass is 1440 g/mol. The summed E-state index contributed by atoms with van der Waals surface area (Å²) in [5.41, 5.74) is 30.2. The lowest BCUT2D eigenvalue weighted by atomic mass is 9.67. The van der Waals surface area contributed by atoms with Crippen molar-refractivity contribution in [1.82, 2.24) is 19.9 Å². The molecule has 20 aromatic rings. The molecule has 0 amide bonds. The third-order valence-corrected chi connectivity index (χ3v) is 24.0. The van der Waals surface area contributed by atoms with E-state index < -0.39 is 10.8 Å². The minimum absolute atomic E-state index is 0.472. The Labute approximate surface area is 653 Å². The highest BCUT2D eigenvalue weighted by Crippen LogP contribution is 2.60. The molecule has 2 aliphatic carbocycles. The van der Waals surface area contributed by atoms with E-state index in [9.17, 15) is 0 Å². The molecule has 22 rings (SSSR count). The van der Waals surface area contributed by atoms with Crippen LogP contribution in [0.5, 0.6) is 0 Å². The van der Waals surface area contributed by atoms with Gasteiger partial charge in [0.25, 0.3) is 0 Å². The van der Waals surface area contributed by atoms with Crippen LogP contribution in [-0.2, 0) is 10.8 Å². The molecular formula is C106H68N4OS. The van der Waals surface area contributed by atoms with Gasteiger partial charge in [-0.15, -0.1) is 11.3 Å². The zero-order chi connectivity index (χ0) is 74.1. The van der Waals surface area contributed by atoms with E-state index in [1.165, 1.54) is 98.1 Å². The van der Waals surface area contributed by atoms with Crippen LogP contribution in [0.15, 0.2) is 417 Å². The summed E-state index contributed by atoms with van der Waals surface area (Å²) in [6.07, 6.45) is 0. The van der Waals surface area contributed by atoms with E-state index in [0.717, 1.165) is 95.0 Å². The first-order valence-corrected chi connectivity index (χ1v) is 39.0. The molecule has 0 saturated carbocycles. The van der Waals surface area contributed by atoms with Crippen LogP contribution in [0.4, 0.5) is 0 Å². The van der Waals surface area contributed by atoms with Gasteiger partial charge < -0.3 is 4.42 Å². The van der Waals surface area contributed by atoms with E-state index in [0.29, 0.717) is 5.82 Å². The van der Waals surface area contributed by atoms with Gasteiger partial charge in [0.2, 0.25) is 0 Å². The number of hydrogen-bond donors (Lipinski definition) is 0. The molecule has 16 aromatic carbocycles. The zero-order valence-electron chi connectivity index (χ0n) is 60.9. The van der Waals surface area contributed by atoms with Gasteiger partial charge in [-0.3, -0.25) is 0 Å². The van der Waals surface area contributed by atoms with Crippen LogP contribution in [0.2, 0.25) is 0 Å². The second-order valence-electron chi connectivity index (χ2n) is 28.9. The normalized spacial score (nSPS) is 12.8. The summed E-state index contributed by atoms with van der Waals surface area (Å²) >= 11 is 1.82. The van der Waals surface area contributed by atoms with Gasteiger partial charge >= 0.3 is 0 Å². The second kappa shape index (κ2) is 27.4. The fraction of sp³-hybridized carbons (Fsp3) is 0.0189. The molecule has 0 unspecified atom stereocenters. The lowest BCUT2D eigenvalue weighted by Gasteiger charge is -2.34. The van der Waals surface area contributed by atoms with Crippen molar-refractivity contribution in [2.45, 2.75) is 10.8 Å². The van der Waals surface area contributed by atoms with Gasteiger partial charge in [0.05, 0.1) is 39.2 Å². The predicted octanol–water partition coefficient (Wildman–Crippen LogP) is 27.3. The first-order valence-electron chi connectivity index (χ1n) is 38.2. The van der Waals surface area contributed by atoms with Gasteiger partial charge in [-0.05, 0) is 138 Å². The van der Waals surface area contributed by atoms with Crippen molar-refractivity contribution < 1.29 is 4.42 Å². The van der Waals surface area contributed by atoms with Crippen molar-refractivity contribution >= 4 is 53.4 Å². The van der Waals surface area contributed by atoms with E-state index in [2.05, 4.69) is 358 Å². The molecule has 0 spiro atoms. The zero-order valence-corrected chi connectivity index (χ0v) is 61.7. The third-order valence-electron chi connectivity index (χ3n) is 22.8.